The smallest absolute Gasteiger partial charge is 0.317 e. The molecule has 2 bridgehead atoms. The van der Waals surface area contributed by atoms with Gasteiger partial charge in [0.05, 0.1) is 29.2 Å². The van der Waals surface area contributed by atoms with E-state index < -0.39 is 16.4 Å². The molecule has 6 nitrogen and oxygen atoms in total. The van der Waals surface area contributed by atoms with Crippen LogP contribution in [0.2, 0.25) is 0 Å². The SMILES string of the molecule is CCCN(C[C@]1(O)CC[C@H]2[C@]34C=C[C@@]5(C=C3C(=O)c3cc6ccccc6s3)CC(O)CC[C@]5(C)[C@H]4CC[C@@]21C)C(=O)N[C@H](C)c1ccccc1. The second-order valence-electron chi connectivity index (χ2n) is 16.8. The molecule has 9 atom stereocenters. The number of aliphatic hydroxyl groups is 2. The Bertz CT molecular complexity index is 1850. The number of nitrogens with one attached hydrogen (secondary N) is 1. The zero-order valence-corrected chi connectivity index (χ0v) is 30.8. The lowest BCUT2D eigenvalue weighted by Crippen LogP contribution is -2.67. The number of hydrogen-bond donors (Lipinski definition) is 3. The number of Topliss-reactive ketones (excluding diaryl/α,β-unsaturated/α-hetero) is 1. The minimum Gasteiger partial charge on any atom is -0.393 e. The lowest BCUT2D eigenvalue weighted by molar-refractivity contribution is -0.174. The largest absolute Gasteiger partial charge is 0.393 e. The molecule has 3 saturated carbocycles. The summed E-state index contributed by atoms with van der Waals surface area (Å²) in [5.74, 6) is 0.368. The number of thiophene rings is 1. The maximum atomic E-state index is 15.0. The molecule has 50 heavy (non-hydrogen) atoms. The van der Waals surface area contributed by atoms with Gasteiger partial charge in [-0.3, -0.25) is 4.79 Å². The number of nitrogens with zero attached hydrogens (tertiary/aromatic N) is 1. The van der Waals surface area contributed by atoms with Gasteiger partial charge in [0, 0.05) is 33.1 Å². The number of ketones is 1. The lowest BCUT2D eigenvalue weighted by atomic mass is 9.32. The first-order valence-electron chi connectivity index (χ1n) is 18.9. The van der Waals surface area contributed by atoms with Crippen molar-refractivity contribution in [3.8, 4) is 0 Å². The standard InChI is InChI=1S/C43H52N2O4S/c1-5-23-45(38(48)44-28(2)29-11-7-6-8-12-29)27-42(49)20-17-36-40(42,4)19-16-35-39(3)18-15-31(46)25-41(39)21-22-43(35,36)32(26-41)37(47)34-24-30-13-9-10-14-33(30)50-34/h6-14,21-22,24,26,28,31,35-36,46,49H,5,15-20,23,25,27H2,1-4H3,(H,44,48)/t28-,31?,35-,36-,39-,40+,41+,42-,43-/m1/s1. The maximum absolute atomic E-state index is 15.0. The van der Waals surface area contributed by atoms with E-state index >= 15 is 4.79 Å². The normalized spacial score (nSPS) is 37.4. The number of amides is 2. The van der Waals surface area contributed by atoms with Gasteiger partial charge in [0.2, 0.25) is 0 Å². The molecule has 2 spiro atoms. The van der Waals surface area contributed by atoms with Crippen molar-refractivity contribution in [2.45, 2.75) is 96.8 Å². The molecule has 2 aromatic carbocycles. The number of rotatable bonds is 8. The van der Waals surface area contributed by atoms with Crippen molar-refractivity contribution in [3.05, 3.63) is 94.9 Å². The van der Waals surface area contributed by atoms with Crippen LogP contribution in [0.4, 0.5) is 4.79 Å². The molecule has 3 aromatic rings. The highest BCUT2D eigenvalue weighted by molar-refractivity contribution is 7.21. The predicted octanol–water partition coefficient (Wildman–Crippen LogP) is 8.86. The Hall–Kier alpha value is -3.26. The van der Waals surface area contributed by atoms with Crippen molar-refractivity contribution < 1.29 is 19.8 Å². The first-order valence-corrected chi connectivity index (χ1v) is 19.7. The van der Waals surface area contributed by atoms with Gasteiger partial charge in [0.1, 0.15) is 0 Å². The molecule has 1 aromatic heterocycles. The van der Waals surface area contributed by atoms with Crippen LogP contribution in [0.15, 0.2) is 84.5 Å². The number of fused-ring (bicyclic) bond motifs is 2. The van der Waals surface area contributed by atoms with Gasteiger partial charge in [-0.15, -0.1) is 11.3 Å². The number of carbonyl (C=O) groups is 2. The van der Waals surface area contributed by atoms with Crippen LogP contribution in [0, 0.1) is 33.5 Å². The van der Waals surface area contributed by atoms with E-state index in [-0.39, 0.29) is 53.2 Å². The summed E-state index contributed by atoms with van der Waals surface area (Å²) in [5, 5.41) is 28.3. The highest BCUT2D eigenvalue weighted by atomic mass is 32.1. The van der Waals surface area contributed by atoms with Gasteiger partial charge in [0.15, 0.2) is 5.78 Å². The summed E-state index contributed by atoms with van der Waals surface area (Å²) in [4.78, 5) is 31.5. The van der Waals surface area contributed by atoms with E-state index in [1.54, 1.807) is 11.3 Å². The van der Waals surface area contributed by atoms with Crippen molar-refractivity contribution in [1.82, 2.24) is 10.2 Å². The van der Waals surface area contributed by atoms with E-state index in [4.69, 9.17) is 0 Å². The molecule has 6 aliphatic rings. The molecule has 0 saturated heterocycles. The van der Waals surface area contributed by atoms with Crippen LogP contribution in [0.5, 0.6) is 0 Å². The third kappa shape index (κ3) is 4.71. The Balaban J connectivity index is 1.17. The van der Waals surface area contributed by atoms with Crippen LogP contribution >= 0.6 is 11.3 Å². The van der Waals surface area contributed by atoms with Crippen molar-refractivity contribution >= 4 is 33.2 Å². The average molecular weight is 693 g/mol. The summed E-state index contributed by atoms with van der Waals surface area (Å²) in [7, 11) is 0. The number of urea groups is 1. The van der Waals surface area contributed by atoms with Gasteiger partial charge in [-0.2, -0.15) is 0 Å². The van der Waals surface area contributed by atoms with Crippen LogP contribution in [0.25, 0.3) is 10.1 Å². The first-order chi connectivity index (χ1) is 23.9. The highest BCUT2D eigenvalue weighted by Crippen LogP contribution is 2.78. The summed E-state index contributed by atoms with van der Waals surface area (Å²) in [6.07, 6.45) is 12.9. The molecule has 3 fully saturated rings. The first kappa shape index (κ1) is 33.9. The summed E-state index contributed by atoms with van der Waals surface area (Å²) in [6.45, 7) is 9.58. The molecule has 0 radical (unpaired) electrons. The van der Waals surface area contributed by atoms with E-state index in [0.717, 1.165) is 64.6 Å². The lowest BCUT2D eigenvalue weighted by Gasteiger charge is -2.71. The topological polar surface area (TPSA) is 89.9 Å². The van der Waals surface area contributed by atoms with Crippen molar-refractivity contribution in [2.24, 2.45) is 33.5 Å². The third-order valence-corrected chi connectivity index (χ3v) is 15.6. The Morgan fingerprint density at radius 3 is 2.42 bits per heavy atom. The molecule has 264 valence electrons. The molecular formula is C43H52N2O4S. The minimum atomic E-state index is -1.10. The predicted molar refractivity (Wildman–Crippen MR) is 200 cm³/mol. The van der Waals surface area contributed by atoms with Crippen molar-refractivity contribution in [2.75, 3.05) is 13.1 Å². The Labute approximate surface area is 300 Å². The van der Waals surface area contributed by atoms with Gasteiger partial charge in [-0.1, -0.05) is 87.5 Å². The van der Waals surface area contributed by atoms with Crippen LogP contribution in [-0.4, -0.2) is 51.7 Å². The van der Waals surface area contributed by atoms with Crippen molar-refractivity contribution in [1.29, 1.82) is 0 Å². The van der Waals surface area contributed by atoms with E-state index in [2.05, 4.69) is 62.5 Å². The number of aliphatic hydroxyl groups excluding tert-OH is 1. The highest BCUT2D eigenvalue weighted by Gasteiger charge is 2.74. The maximum Gasteiger partial charge on any atom is 0.317 e. The molecule has 6 aliphatic carbocycles. The zero-order valence-electron chi connectivity index (χ0n) is 30.0. The second-order valence-corrected chi connectivity index (χ2v) is 17.9. The Morgan fingerprint density at radius 1 is 0.960 bits per heavy atom. The van der Waals surface area contributed by atoms with Crippen molar-refractivity contribution in [3.63, 3.8) is 0 Å². The van der Waals surface area contributed by atoms with Gasteiger partial charge >= 0.3 is 6.03 Å². The van der Waals surface area contributed by atoms with Crippen LogP contribution in [0.1, 0.15) is 100 Å². The van der Waals surface area contributed by atoms with Gasteiger partial charge < -0.3 is 20.4 Å². The van der Waals surface area contributed by atoms with Crippen LogP contribution in [0.3, 0.4) is 0 Å². The number of hydrogen-bond acceptors (Lipinski definition) is 5. The molecule has 1 heterocycles. The van der Waals surface area contributed by atoms with Crippen LogP contribution < -0.4 is 5.32 Å². The molecular weight excluding hydrogens is 641 g/mol. The molecule has 0 aliphatic heterocycles. The van der Waals surface area contributed by atoms with Crippen LogP contribution in [-0.2, 0) is 0 Å². The van der Waals surface area contributed by atoms with Gasteiger partial charge in [-0.25, -0.2) is 4.79 Å². The summed E-state index contributed by atoms with van der Waals surface area (Å²) in [5.41, 5.74) is -0.666. The summed E-state index contributed by atoms with van der Waals surface area (Å²) in [6, 6.07) is 20.0. The summed E-state index contributed by atoms with van der Waals surface area (Å²) < 4.78 is 1.11. The number of carbonyl (C=O) groups excluding carboxylic acids is 2. The molecule has 7 heteroatoms. The van der Waals surface area contributed by atoms with E-state index in [9.17, 15) is 15.0 Å². The number of benzene rings is 2. The summed E-state index contributed by atoms with van der Waals surface area (Å²) >= 11 is 1.57. The number of allylic oxidation sites excluding steroid dienone is 4. The molecule has 2 amide bonds. The third-order valence-electron chi connectivity index (χ3n) is 14.5. The van der Waals surface area contributed by atoms with Gasteiger partial charge in [0.25, 0.3) is 0 Å². The average Bonchev–Trinajstić information content (AvgIpc) is 3.66. The Kier molecular flexibility index (Phi) is 8.05. The fourth-order valence-electron chi connectivity index (χ4n) is 11.8. The minimum absolute atomic E-state index is 0.0383. The van der Waals surface area contributed by atoms with Gasteiger partial charge in [-0.05, 0) is 98.6 Å². The van der Waals surface area contributed by atoms with E-state index in [1.165, 1.54) is 0 Å². The molecule has 1 unspecified atom stereocenters. The monoisotopic (exact) mass is 692 g/mol. The molecule has 9 rings (SSSR count). The fourth-order valence-corrected chi connectivity index (χ4v) is 12.8. The van der Waals surface area contributed by atoms with E-state index in [0.29, 0.717) is 19.4 Å². The second kappa shape index (κ2) is 11.9. The Morgan fingerprint density at radius 2 is 1.66 bits per heavy atom. The quantitative estimate of drug-likeness (QED) is 0.163. The fraction of sp³-hybridized carbons (Fsp3) is 0.535. The zero-order chi connectivity index (χ0) is 35.1. The van der Waals surface area contributed by atoms with E-state index in [1.807, 2.05) is 54.3 Å². The molecule has 3 N–H and O–H groups in total.